The fourth-order valence-corrected chi connectivity index (χ4v) is 1.71. The maximum atomic E-state index is 5.72. The lowest BCUT2D eigenvalue weighted by Crippen LogP contribution is -2.31. The molecule has 2 N–H and O–H groups in total. The first-order chi connectivity index (χ1) is 9.72. The molecule has 0 amide bonds. The lowest BCUT2D eigenvalue weighted by atomic mass is 10.2. The van der Waals surface area contributed by atoms with Crippen LogP contribution in [0, 0.1) is 0 Å². The smallest absolute Gasteiger partial charge is 0.186 e. The van der Waals surface area contributed by atoms with E-state index in [1.807, 2.05) is 25.1 Å². The molecule has 110 valence electrons. The number of hydrogen-bond acceptors (Lipinski definition) is 4. The Balaban J connectivity index is 2.82. The molecule has 1 rings (SSSR count). The summed E-state index contributed by atoms with van der Waals surface area (Å²) in [5.41, 5.74) is 3.58. The van der Waals surface area contributed by atoms with Gasteiger partial charge in [-0.2, -0.15) is 5.10 Å². The summed E-state index contributed by atoms with van der Waals surface area (Å²) in [7, 11) is 1.62. The Hall–Kier alpha value is -1.82. The Labute approximate surface area is 125 Å². The van der Waals surface area contributed by atoms with Crippen LogP contribution in [0.15, 0.2) is 23.3 Å². The average Bonchev–Trinajstić information content (AvgIpc) is 2.45. The third-order valence-electron chi connectivity index (χ3n) is 2.39. The van der Waals surface area contributed by atoms with Crippen LogP contribution in [0.3, 0.4) is 0 Å². The molecule has 0 heterocycles. The van der Waals surface area contributed by atoms with Crippen LogP contribution < -0.4 is 20.2 Å². The summed E-state index contributed by atoms with van der Waals surface area (Å²) in [6.45, 7) is 5.41. The summed E-state index contributed by atoms with van der Waals surface area (Å²) >= 11 is 5.03. The molecule has 6 heteroatoms. The van der Waals surface area contributed by atoms with Gasteiger partial charge in [0, 0.05) is 12.1 Å². The fourth-order valence-electron chi connectivity index (χ4n) is 1.51. The number of para-hydroxylation sites is 1. The lowest BCUT2D eigenvalue weighted by Gasteiger charge is -2.12. The molecule has 0 atom stereocenters. The highest BCUT2D eigenvalue weighted by Crippen LogP contribution is 2.30. The minimum Gasteiger partial charge on any atom is -0.493 e. The number of hydrazone groups is 1. The molecule has 1 aromatic carbocycles. The Bertz CT molecular complexity index is 464. The SMILES string of the molecule is CCCOc1c(/C=N/NC(=S)NCC)cccc1OC. The Morgan fingerprint density at radius 2 is 2.20 bits per heavy atom. The third-order valence-corrected chi connectivity index (χ3v) is 2.62. The van der Waals surface area contributed by atoms with E-state index < -0.39 is 0 Å². The molecule has 0 unspecified atom stereocenters. The number of nitrogens with one attached hydrogen (secondary N) is 2. The van der Waals surface area contributed by atoms with Crippen molar-refractivity contribution in [2.24, 2.45) is 5.10 Å². The monoisotopic (exact) mass is 295 g/mol. The van der Waals surface area contributed by atoms with Crippen molar-refractivity contribution in [1.29, 1.82) is 0 Å². The van der Waals surface area contributed by atoms with Crippen molar-refractivity contribution in [2.45, 2.75) is 20.3 Å². The number of rotatable bonds is 7. The maximum Gasteiger partial charge on any atom is 0.186 e. The van der Waals surface area contributed by atoms with Gasteiger partial charge in [0.15, 0.2) is 16.6 Å². The number of nitrogens with zero attached hydrogens (tertiary/aromatic N) is 1. The highest BCUT2D eigenvalue weighted by Gasteiger charge is 2.08. The van der Waals surface area contributed by atoms with Gasteiger partial charge in [0.05, 0.1) is 19.9 Å². The van der Waals surface area contributed by atoms with Gasteiger partial charge in [-0.05, 0) is 37.7 Å². The van der Waals surface area contributed by atoms with E-state index in [2.05, 4.69) is 22.8 Å². The van der Waals surface area contributed by atoms with Crippen molar-refractivity contribution in [2.75, 3.05) is 20.3 Å². The molecule has 0 aliphatic heterocycles. The number of benzene rings is 1. The van der Waals surface area contributed by atoms with Gasteiger partial charge in [-0.15, -0.1) is 0 Å². The van der Waals surface area contributed by atoms with Crippen LogP contribution in [-0.2, 0) is 0 Å². The second-order valence-electron chi connectivity index (χ2n) is 3.96. The summed E-state index contributed by atoms with van der Waals surface area (Å²) < 4.78 is 11.0. The van der Waals surface area contributed by atoms with Crippen molar-refractivity contribution in [1.82, 2.24) is 10.7 Å². The molecule has 0 bridgehead atoms. The summed E-state index contributed by atoms with van der Waals surface area (Å²) in [6, 6.07) is 5.66. The maximum absolute atomic E-state index is 5.72. The summed E-state index contributed by atoms with van der Waals surface area (Å²) in [6.07, 6.45) is 2.59. The van der Waals surface area contributed by atoms with Crippen molar-refractivity contribution in [3.8, 4) is 11.5 Å². The number of ether oxygens (including phenoxy) is 2. The van der Waals surface area contributed by atoms with E-state index in [4.69, 9.17) is 21.7 Å². The summed E-state index contributed by atoms with van der Waals surface area (Å²) in [4.78, 5) is 0. The van der Waals surface area contributed by atoms with Crippen LogP contribution in [0.25, 0.3) is 0 Å². The molecule has 0 fully saturated rings. The molecule has 0 spiro atoms. The van der Waals surface area contributed by atoms with Crippen LogP contribution in [0.2, 0.25) is 0 Å². The molecular weight excluding hydrogens is 274 g/mol. The first-order valence-electron chi connectivity index (χ1n) is 6.59. The highest BCUT2D eigenvalue weighted by atomic mass is 32.1. The topological polar surface area (TPSA) is 54.9 Å². The van der Waals surface area contributed by atoms with Gasteiger partial charge in [-0.25, -0.2) is 0 Å². The Morgan fingerprint density at radius 1 is 1.40 bits per heavy atom. The van der Waals surface area contributed by atoms with Crippen LogP contribution >= 0.6 is 12.2 Å². The highest BCUT2D eigenvalue weighted by molar-refractivity contribution is 7.80. The van der Waals surface area contributed by atoms with E-state index in [1.54, 1.807) is 13.3 Å². The number of hydrogen-bond donors (Lipinski definition) is 2. The van der Waals surface area contributed by atoms with Crippen molar-refractivity contribution in [3.63, 3.8) is 0 Å². The van der Waals surface area contributed by atoms with Gasteiger partial charge in [-0.3, -0.25) is 5.43 Å². The Kier molecular flexibility index (Phi) is 7.42. The minimum atomic E-state index is 0.489. The Morgan fingerprint density at radius 3 is 2.85 bits per heavy atom. The average molecular weight is 295 g/mol. The van der Waals surface area contributed by atoms with E-state index in [0.717, 1.165) is 18.5 Å². The van der Waals surface area contributed by atoms with Gasteiger partial charge in [0.1, 0.15) is 0 Å². The van der Waals surface area contributed by atoms with Crippen LogP contribution in [0.1, 0.15) is 25.8 Å². The van der Waals surface area contributed by atoms with Gasteiger partial charge in [0.25, 0.3) is 0 Å². The second-order valence-corrected chi connectivity index (χ2v) is 4.36. The fraction of sp³-hybridized carbons (Fsp3) is 0.429. The summed E-state index contributed by atoms with van der Waals surface area (Å²) in [5, 5.41) is 7.53. The van der Waals surface area contributed by atoms with Gasteiger partial charge in [-0.1, -0.05) is 13.0 Å². The van der Waals surface area contributed by atoms with E-state index in [0.29, 0.717) is 23.2 Å². The minimum absolute atomic E-state index is 0.489. The normalized spacial score (nSPS) is 10.3. The standard InChI is InChI=1S/C14H21N3O2S/c1-4-9-19-13-11(7-6-8-12(13)18-3)10-16-17-14(20)15-5-2/h6-8,10H,4-5,9H2,1-3H3,(H2,15,17,20)/b16-10+. The molecule has 5 nitrogen and oxygen atoms in total. The first-order valence-corrected chi connectivity index (χ1v) is 7.00. The molecule has 0 saturated heterocycles. The molecular formula is C14H21N3O2S. The van der Waals surface area contributed by atoms with Crippen LogP contribution in [-0.4, -0.2) is 31.6 Å². The first kappa shape index (κ1) is 16.2. The van der Waals surface area contributed by atoms with E-state index in [1.165, 1.54) is 0 Å². The second kappa shape index (κ2) is 9.14. The van der Waals surface area contributed by atoms with Crippen molar-refractivity contribution in [3.05, 3.63) is 23.8 Å². The van der Waals surface area contributed by atoms with E-state index in [-0.39, 0.29) is 0 Å². The van der Waals surface area contributed by atoms with E-state index in [9.17, 15) is 0 Å². The van der Waals surface area contributed by atoms with Gasteiger partial charge < -0.3 is 14.8 Å². The number of methoxy groups -OCH3 is 1. The van der Waals surface area contributed by atoms with Crippen molar-refractivity contribution >= 4 is 23.5 Å². The molecule has 0 aliphatic rings. The predicted molar refractivity (Wildman–Crippen MR) is 85.8 cm³/mol. The zero-order valence-corrected chi connectivity index (χ0v) is 12.9. The van der Waals surface area contributed by atoms with Crippen molar-refractivity contribution < 1.29 is 9.47 Å². The molecule has 0 radical (unpaired) electrons. The quantitative estimate of drug-likeness (QED) is 0.459. The van der Waals surface area contributed by atoms with Crippen LogP contribution in [0.4, 0.5) is 0 Å². The van der Waals surface area contributed by atoms with Gasteiger partial charge in [0.2, 0.25) is 0 Å². The molecule has 20 heavy (non-hydrogen) atoms. The van der Waals surface area contributed by atoms with Gasteiger partial charge >= 0.3 is 0 Å². The van der Waals surface area contributed by atoms with E-state index >= 15 is 0 Å². The lowest BCUT2D eigenvalue weighted by molar-refractivity contribution is 0.294. The molecule has 0 aliphatic carbocycles. The molecule has 0 aromatic heterocycles. The zero-order chi connectivity index (χ0) is 14.8. The zero-order valence-electron chi connectivity index (χ0n) is 12.1. The number of thiocarbonyl (C=S) groups is 1. The summed E-state index contributed by atoms with van der Waals surface area (Å²) in [5.74, 6) is 1.38. The predicted octanol–water partition coefficient (Wildman–Crippen LogP) is 2.30. The van der Waals surface area contributed by atoms with Crippen LogP contribution in [0.5, 0.6) is 11.5 Å². The molecule has 0 saturated carbocycles. The third kappa shape index (κ3) is 5.05. The molecule has 1 aromatic rings. The largest absolute Gasteiger partial charge is 0.493 e.